The van der Waals surface area contributed by atoms with Gasteiger partial charge in [-0.2, -0.15) is 0 Å². The summed E-state index contributed by atoms with van der Waals surface area (Å²) in [6.45, 7) is 5.94. The third-order valence-electron chi connectivity index (χ3n) is 2.98. The molecule has 4 nitrogen and oxygen atoms in total. The molecule has 1 aromatic carbocycles. The molecule has 2 aromatic rings. The van der Waals surface area contributed by atoms with E-state index in [0.717, 1.165) is 12.1 Å². The topological polar surface area (TPSA) is 56.9 Å². The van der Waals surface area contributed by atoms with Gasteiger partial charge < -0.3 is 15.6 Å². The van der Waals surface area contributed by atoms with Crippen LogP contribution in [0.15, 0.2) is 30.5 Å². The average Bonchev–Trinajstić information content (AvgIpc) is 2.80. The van der Waals surface area contributed by atoms with Crippen LogP contribution < -0.4 is 10.6 Å². The Balaban J connectivity index is 1.81. The molecule has 0 bridgehead atoms. The summed E-state index contributed by atoms with van der Waals surface area (Å²) < 4.78 is 0. The van der Waals surface area contributed by atoms with Crippen LogP contribution in [0.3, 0.4) is 0 Å². The highest BCUT2D eigenvalue weighted by atomic mass is 16.1. The van der Waals surface area contributed by atoms with Crippen molar-refractivity contribution in [2.75, 3.05) is 13.1 Å². The molecule has 0 atom stereocenters. The number of aromatic nitrogens is 1. The lowest BCUT2D eigenvalue weighted by atomic mass is 10.2. The first-order valence-corrected chi connectivity index (χ1v) is 6.69. The number of rotatable bonds is 6. The third kappa shape index (κ3) is 3.83. The SMILES string of the molecule is CC(C)CNC(=O)CNCc1c[nH]c2ccccc12. The first kappa shape index (κ1) is 13.6. The van der Waals surface area contributed by atoms with Crippen LogP contribution in [0, 0.1) is 5.92 Å². The van der Waals surface area contributed by atoms with Crippen molar-refractivity contribution >= 4 is 16.8 Å². The molecule has 19 heavy (non-hydrogen) atoms. The largest absolute Gasteiger partial charge is 0.361 e. The second-order valence-corrected chi connectivity index (χ2v) is 5.16. The minimum Gasteiger partial charge on any atom is -0.361 e. The van der Waals surface area contributed by atoms with Gasteiger partial charge in [-0.25, -0.2) is 0 Å². The smallest absolute Gasteiger partial charge is 0.233 e. The molecule has 2 rings (SSSR count). The Kier molecular flexibility index (Phi) is 4.58. The quantitative estimate of drug-likeness (QED) is 0.743. The number of hydrogen-bond donors (Lipinski definition) is 3. The molecule has 0 unspecified atom stereocenters. The van der Waals surface area contributed by atoms with Crippen molar-refractivity contribution in [2.24, 2.45) is 5.92 Å². The van der Waals surface area contributed by atoms with Crippen LogP contribution >= 0.6 is 0 Å². The summed E-state index contributed by atoms with van der Waals surface area (Å²) in [7, 11) is 0. The van der Waals surface area contributed by atoms with E-state index >= 15 is 0 Å². The van der Waals surface area contributed by atoms with Gasteiger partial charge in [0.05, 0.1) is 6.54 Å². The highest BCUT2D eigenvalue weighted by Gasteiger charge is 2.04. The van der Waals surface area contributed by atoms with Gasteiger partial charge in [0.2, 0.25) is 5.91 Å². The zero-order chi connectivity index (χ0) is 13.7. The number of carbonyl (C=O) groups is 1. The van der Waals surface area contributed by atoms with Crippen LogP contribution in [0.1, 0.15) is 19.4 Å². The summed E-state index contributed by atoms with van der Waals surface area (Å²) in [6.07, 6.45) is 1.99. The average molecular weight is 259 g/mol. The minimum atomic E-state index is 0.0496. The van der Waals surface area contributed by atoms with Crippen molar-refractivity contribution in [3.8, 4) is 0 Å². The fourth-order valence-electron chi connectivity index (χ4n) is 1.97. The van der Waals surface area contributed by atoms with Crippen molar-refractivity contribution in [3.05, 3.63) is 36.0 Å². The number of para-hydroxylation sites is 1. The van der Waals surface area contributed by atoms with Gasteiger partial charge in [0.1, 0.15) is 0 Å². The zero-order valence-electron chi connectivity index (χ0n) is 11.5. The number of hydrogen-bond acceptors (Lipinski definition) is 2. The predicted molar refractivity (Wildman–Crippen MR) is 77.9 cm³/mol. The van der Waals surface area contributed by atoms with Crippen molar-refractivity contribution in [3.63, 3.8) is 0 Å². The molecule has 0 fully saturated rings. The molecule has 102 valence electrons. The second kappa shape index (κ2) is 6.38. The Bertz CT molecular complexity index is 545. The summed E-state index contributed by atoms with van der Waals surface area (Å²) in [4.78, 5) is 14.8. The number of amides is 1. The first-order valence-electron chi connectivity index (χ1n) is 6.69. The van der Waals surface area contributed by atoms with Gasteiger partial charge >= 0.3 is 0 Å². The molecule has 4 heteroatoms. The Hall–Kier alpha value is -1.81. The van der Waals surface area contributed by atoms with E-state index in [4.69, 9.17) is 0 Å². The van der Waals surface area contributed by atoms with Crippen molar-refractivity contribution < 1.29 is 4.79 Å². The lowest BCUT2D eigenvalue weighted by molar-refractivity contribution is -0.120. The number of aromatic amines is 1. The van der Waals surface area contributed by atoms with Crippen molar-refractivity contribution in [1.29, 1.82) is 0 Å². The fourth-order valence-corrected chi connectivity index (χ4v) is 1.97. The Morgan fingerprint density at radius 2 is 2.11 bits per heavy atom. The molecule has 1 amide bonds. The summed E-state index contributed by atoms with van der Waals surface area (Å²) in [5, 5.41) is 7.27. The van der Waals surface area contributed by atoms with E-state index in [2.05, 4.69) is 35.5 Å². The molecular formula is C15H21N3O. The predicted octanol–water partition coefficient (Wildman–Crippen LogP) is 2.03. The van der Waals surface area contributed by atoms with Gasteiger partial charge in [0.15, 0.2) is 0 Å². The number of carbonyl (C=O) groups excluding carboxylic acids is 1. The van der Waals surface area contributed by atoms with Crippen molar-refractivity contribution in [1.82, 2.24) is 15.6 Å². The molecular weight excluding hydrogens is 238 g/mol. The standard InChI is InChI=1S/C15H21N3O/c1-11(2)7-18-15(19)10-16-8-12-9-17-14-6-4-3-5-13(12)14/h3-6,9,11,16-17H,7-8,10H2,1-2H3,(H,18,19). The van der Waals surface area contributed by atoms with E-state index < -0.39 is 0 Å². The fraction of sp³-hybridized carbons (Fsp3) is 0.400. The summed E-state index contributed by atoms with van der Waals surface area (Å²) in [5.74, 6) is 0.533. The lowest BCUT2D eigenvalue weighted by Gasteiger charge is -2.08. The van der Waals surface area contributed by atoms with E-state index in [-0.39, 0.29) is 5.91 Å². The summed E-state index contributed by atoms with van der Waals surface area (Å²) >= 11 is 0. The maximum absolute atomic E-state index is 11.6. The van der Waals surface area contributed by atoms with Gasteiger partial charge in [-0.05, 0) is 17.5 Å². The molecule has 0 radical (unpaired) electrons. The molecule has 0 aliphatic heterocycles. The van der Waals surface area contributed by atoms with Crippen LogP contribution in [0.2, 0.25) is 0 Å². The Morgan fingerprint density at radius 1 is 1.32 bits per heavy atom. The van der Waals surface area contributed by atoms with Crippen LogP contribution in [0.5, 0.6) is 0 Å². The van der Waals surface area contributed by atoms with Gasteiger partial charge in [-0.1, -0.05) is 32.0 Å². The molecule has 0 aliphatic rings. The third-order valence-corrected chi connectivity index (χ3v) is 2.98. The zero-order valence-corrected chi connectivity index (χ0v) is 11.5. The Labute approximate surface area is 113 Å². The molecule has 1 heterocycles. The van der Waals surface area contributed by atoms with Gasteiger partial charge in [0, 0.05) is 30.2 Å². The molecule has 3 N–H and O–H groups in total. The number of benzene rings is 1. The highest BCUT2D eigenvalue weighted by Crippen LogP contribution is 2.16. The molecule has 1 aromatic heterocycles. The maximum Gasteiger partial charge on any atom is 0.233 e. The monoisotopic (exact) mass is 259 g/mol. The van der Waals surface area contributed by atoms with Crippen molar-refractivity contribution in [2.45, 2.75) is 20.4 Å². The van der Waals surface area contributed by atoms with E-state index in [9.17, 15) is 4.79 Å². The van der Waals surface area contributed by atoms with Gasteiger partial charge in [-0.3, -0.25) is 4.79 Å². The summed E-state index contributed by atoms with van der Waals surface area (Å²) in [6, 6.07) is 8.17. The maximum atomic E-state index is 11.6. The molecule has 0 aliphatic carbocycles. The van der Waals surface area contributed by atoms with Crippen LogP contribution in [-0.4, -0.2) is 24.0 Å². The number of fused-ring (bicyclic) bond motifs is 1. The van der Waals surface area contributed by atoms with E-state index in [0.29, 0.717) is 19.0 Å². The number of H-pyrrole nitrogens is 1. The first-order chi connectivity index (χ1) is 9.16. The minimum absolute atomic E-state index is 0.0496. The second-order valence-electron chi connectivity index (χ2n) is 5.16. The number of nitrogens with one attached hydrogen (secondary N) is 3. The highest BCUT2D eigenvalue weighted by molar-refractivity contribution is 5.83. The van der Waals surface area contributed by atoms with E-state index in [1.807, 2.05) is 24.4 Å². The van der Waals surface area contributed by atoms with Crippen LogP contribution in [-0.2, 0) is 11.3 Å². The Morgan fingerprint density at radius 3 is 2.89 bits per heavy atom. The van der Waals surface area contributed by atoms with E-state index in [1.165, 1.54) is 10.9 Å². The van der Waals surface area contributed by atoms with E-state index in [1.54, 1.807) is 0 Å². The molecule has 0 spiro atoms. The molecule has 0 saturated carbocycles. The summed E-state index contributed by atoms with van der Waals surface area (Å²) in [5.41, 5.74) is 2.32. The van der Waals surface area contributed by atoms with Gasteiger partial charge in [0.25, 0.3) is 0 Å². The lowest BCUT2D eigenvalue weighted by Crippen LogP contribution is -2.35. The normalized spacial score (nSPS) is 11.1. The van der Waals surface area contributed by atoms with Crippen LogP contribution in [0.25, 0.3) is 10.9 Å². The van der Waals surface area contributed by atoms with Crippen LogP contribution in [0.4, 0.5) is 0 Å². The van der Waals surface area contributed by atoms with Gasteiger partial charge in [-0.15, -0.1) is 0 Å². The molecule has 0 saturated heterocycles.